The van der Waals surface area contributed by atoms with Gasteiger partial charge in [0, 0.05) is 6.61 Å². The Labute approximate surface area is 158 Å². The van der Waals surface area contributed by atoms with E-state index in [-0.39, 0.29) is 17.6 Å². The van der Waals surface area contributed by atoms with E-state index in [2.05, 4.69) is 76.2 Å². The largest absolute Gasteiger partial charge is 0.407 e. The zero-order valence-electron chi connectivity index (χ0n) is 16.4. The monoisotopic (exact) mass is 372 g/mol. The predicted octanol–water partition coefficient (Wildman–Crippen LogP) is 2.94. The van der Waals surface area contributed by atoms with Crippen LogP contribution in [0.2, 0.25) is 5.04 Å². The molecule has 0 unspecified atom stereocenters. The van der Waals surface area contributed by atoms with Crippen molar-refractivity contribution < 1.29 is 14.6 Å². The molecule has 0 fully saturated rings. The van der Waals surface area contributed by atoms with E-state index in [0.717, 1.165) is 0 Å². The van der Waals surface area contributed by atoms with E-state index in [1.165, 1.54) is 10.4 Å². The van der Waals surface area contributed by atoms with Gasteiger partial charge in [-0.3, -0.25) is 0 Å². The topological polar surface area (TPSA) is 49.7 Å². The van der Waals surface area contributed by atoms with E-state index in [4.69, 9.17) is 9.53 Å². The number of aliphatic hydroxyl groups is 2. The van der Waals surface area contributed by atoms with Gasteiger partial charge >= 0.3 is 0 Å². The van der Waals surface area contributed by atoms with E-state index in [1.807, 2.05) is 12.1 Å². The summed E-state index contributed by atoms with van der Waals surface area (Å²) in [6, 6.07) is 21.1. The first-order chi connectivity index (χ1) is 12.3. The Morgan fingerprint density at radius 3 is 1.77 bits per heavy atom. The lowest BCUT2D eigenvalue weighted by molar-refractivity contribution is 0.0675. The summed E-state index contributed by atoms with van der Waals surface area (Å²) < 4.78 is 6.82. The highest BCUT2D eigenvalue weighted by Gasteiger charge is 2.50. The minimum atomic E-state index is -2.52. The second kappa shape index (κ2) is 8.96. The number of hydrogen-bond donors (Lipinski definition) is 2. The Balaban J connectivity index is 2.44. The van der Waals surface area contributed by atoms with Gasteiger partial charge in [-0.25, -0.2) is 0 Å². The Hall–Kier alpha value is -1.46. The third-order valence-electron chi connectivity index (χ3n) is 4.89. The third kappa shape index (κ3) is 4.63. The van der Waals surface area contributed by atoms with Crippen molar-refractivity contribution in [2.24, 2.45) is 5.92 Å². The maximum absolute atomic E-state index is 9.76. The smallest absolute Gasteiger partial charge is 0.261 e. The molecule has 0 amide bonds. The first-order valence-electron chi connectivity index (χ1n) is 9.35. The van der Waals surface area contributed by atoms with E-state index in [9.17, 15) is 5.11 Å². The fraction of sp³-hybridized carbons (Fsp3) is 0.455. The van der Waals surface area contributed by atoms with E-state index >= 15 is 0 Å². The molecule has 3 nitrogen and oxygen atoms in total. The van der Waals surface area contributed by atoms with Crippen LogP contribution in [0.25, 0.3) is 0 Å². The molecule has 2 atom stereocenters. The molecule has 26 heavy (non-hydrogen) atoms. The van der Waals surface area contributed by atoms with E-state index in [0.29, 0.717) is 13.0 Å². The average Bonchev–Trinajstić information content (AvgIpc) is 2.62. The maximum Gasteiger partial charge on any atom is 0.261 e. The van der Waals surface area contributed by atoms with Gasteiger partial charge in [-0.15, -0.1) is 0 Å². The number of rotatable bonds is 8. The molecule has 2 aromatic carbocycles. The molecule has 0 spiro atoms. The fourth-order valence-electron chi connectivity index (χ4n) is 3.64. The summed E-state index contributed by atoms with van der Waals surface area (Å²) in [4.78, 5) is 0. The van der Waals surface area contributed by atoms with Gasteiger partial charge in [-0.1, -0.05) is 88.4 Å². The summed E-state index contributed by atoms with van der Waals surface area (Å²) >= 11 is 0. The molecular weight excluding hydrogens is 340 g/mol. The van der Waals surface area contributed by atoms with Crippen LogP contribution >= 0.6 is 0 Å². The van der Waals surface area contributed by atoms with Gasteiger partial charge < -0.3 is 14.6 Å². The van der Waals surface area contributed by atoms with Gasteiger partial charge in [0.25, 0.3) is 8.32 Å². The quantitative estimate of drug-likeness (QED) is 0.701. The van der Waals surface area contributed by atoms with Crippen LogP contribution in [-0.2, 0) is 4.43 Å². The molecule has 0 aromatic heterocycles. The molecule has 0 saturated carbocycles. The molecule has 0 aliphatic rings. The zero-order valence-corrected chi connectivity index (χ0v) is 17.4. The van der Waals surface area contributed by atoms with Gasteiger partial charge in [-0.2, -0.15) is 0 Å². The van der Waals surface area contributed by atoms with Crippen molar-refractivity contribution in [1.29, 1.82) is 0 Å². The Morgan fingerprint density at radius 2 is 1.38 bits per heavy atom. The maximum atomic E-state index is 9.76. The highest BCUT2D eigenvalue weighted by molar-refractivity contribution is 6.99. The molecule has 4 heteroatoms. The first-order valence-corrected chi connectivity index (χ1v) is 11.3. The molecule has 0 aliphatic carbocycles. The second-order valence-electron chi connectivity index (χ2n) is 8.15. The van der Waals surface area contributed by atoms with Gasteiger partial charge in [0.15, 0.2) is 0 Å². The molecule has 0 heterocycles. The van der Waals surface area contributed by atoms with Crippen LogP contribution in [0.5, 0.6) is 0 Å². The van der Waals surface area contributed by atoms with Crippen LogP contribution in [0.1, 0.15) is 34.1 Å². The van der Waals surface area contributed by atoms with Crippen molar-refractivity contribution in [3.05, 3.63) is 60.7 Å². The van der Waals surface area contributed by atoms with Crippen molar-refractivity contribution in [3.63, 3.8) is 0 Å². The Morgan fingerprint density at radius 1 is 0.923 bits per heavy atom. The standard InChI is InChI=1S/C22H32O3Si/c1-18(15-19(24)16-23)17-25-26(22(2,3)4,20-11-7-5-8-12-20)21-13-9-6-10-14-21/h5-14,18-19,23-24H,15-17H2,1-4H3/t18-,19+/m0/s1. The number of hydrogen-bond acceptors (Lipinski definition) is 3. The fourth-order valence-corrected chi connectivity index (χ4v) is 8.33. The predicted molar refractivity (Wildman–Crippen MR) is 110 cm³/mol. The van der Waals surface area contributed by atoms with Crippen molar-refractivity contribution in [1.82, 2.24) is 0 Å². The molecule has 0 saturated heterocycles. The lowest BCUT2D eigenvalue weighted by Gasteiger charge is -2.43. The van der Waals surface area contributed by atoms with Gasteiger partial charge in [0.05, 0.1) is 12.7 Å². The van der Waals surface area contributed by atoms with Crippen LogP contribution in [0.3, 0.4) is 0 Å². The first kappa shape index (κ1) is 20.8. The summed E-state index contributed by atoms with van der Waals surface area (Å²) in [6.45, 7) is 9.19. The van der Waals surface area contributed by atoms with Crippen molar-refractivity contribution in [2.45, 2.75) is 45.3 Å². The van der Waals surface area contributed by atoms with Crippen LogP contribution in [-0.4, -0.2) is 37.8 Å². The molecule has 0 bridgehead atoms. The molecule has 2 aromatic rings. The van der Waals surface area contributed by atoms with Crippen molar-refractivity contribution in [2.75, 3.05) is 13.2 Å². The molecule has 142 valence electrons. The van der Waals surface area contributed by atoms with E-state index in [1.54, 1.807) is 0 Å². The Kier molecular flexibility index (Phi) is 7.18. The number of aliphatic hydroxyl groups excluding tert-OH is 2. The van der Waals surface area contributed by atoms with Gasteiger partial charge in [0.1, 0.15) is 0 Å². The average molecular weight is 373 g/mol. The van der Waals surface area contributed by atoms with Crippen molar-refractivity contribution >= 4 is 18.7 Å². The zero-order chi connectivity index (χ0) is 19.2. The van der Waals surface area contributed by atoms with Crippen LogP contribution in [0.15, 0.2) is 60.7 Å². The Bertz CT molecular complexity index is 613. The summed E-state index contributed by atoms with van der Waals surface area (Å²) in [7, 11) is -2.52. The lowest BCUT2D eigenvalue weighted by Crippen LogP contribution is -2.66. The minimum absolute atomic E-state index is 0.0506. The lowest BCUT2D eigenvalue weighted by atomic mass is 10.1. The molecule has 2 rings (SSSR count). The molecular formula is C22H32O3Si. The highest BCUT2D eigenvalue weighted by atomic mass is 28.4. The SMILES string of the molecule is C[C@H](CO[Si](c1ccccc1)(c1ccccc1)C(C)(C)C)C[C@@H](O)CO. The summed E-state index contributed by atoms with van der Waals surface area (Å²) in [6.07, 6.45) is -0.151. The van der Waals surface area contributed by atoms with Crippen LogP contribution in [0.4, 0.5) is 0 Å². The number of benzene rings is 2. The third-order valence-corrected chi connectivity index (χ3v) is 9.89. The van der Waals surface area contributed by atoms with Crippen molar-refractivity contribution in [3.8, 4) is 0 Å². The summed E-state index contributed by atoms with van der Waals surface area (Å²) in [5.41, 5.74) is 0. The minimum Gasteiger partial charge on any atom is -0.407 e. The highest BCUT2D eigenvalue weighted by Crippen LogP contribution is 2.37. The van der Waals surface area contributed by atoms with Gasteiger partial charge in [0.2, 0.25) is 0 Å². The van der Waals surface area contributed by atoms with Gasteiger partial charge in [-0.05, 0) is 27.8 Å². The van der Waals surface area contributed by atoms with Crippen LogP contribution in [0, 0.1) is 5.92 Å². The summed E-state index contributed by atoms with van der Waals surface area (Å²) in [5.74, 6) is 0.166. The summed E-state index contributed by atoms with van der Waals surface area (Å²) in [5, 5.41) is 21.3. The van der Waals surface area contributed by atoms with Crippen LogP contribution < -0.4 is 10.4 Å². The molecule has 0 aliphatic heterocycles. The second-order valence-corrected chi connectivity index (χ2v) is 12.5. The normalized spacial score (nSPS) is 14.8. The van der Waals surface area contributed by atoms with E-state index < -0.39 is 14.4 Å². The molecule has 2 N–H and O–H groups in total. The molecule has 0 radical (unpaired) electrons.